The summed E-state index contributed by atoms with van der Waals surface area (Å²) in [6.07, 6.45) is 0. The van der Waals surface area contributed by atoms with Gasteiger partial charge in [0, 0.05) is 0 Å². The highest BCUT2D eigenvalue weighted by molar-refractivity contribution is 7.42. The lowest BCUT2D eigenvalue weighted by molar-refractivity contribution is 0.485. The van der Waals surface area contributed by atoms with Crippen molar-refractivity contribution >= 4 is 8.53 Å². The quantitative estimate of drug-likeness (QED) is 0.314. The predicted octanol–water partition coefficient (Wildman–Crippen LogP) is -1.01. The zero-order valence-corrected chi connectivity index (χ0v) is 5.31. The largest absolute Gasteiger partial charge is 0.338 e. The van der Waals surface area contributed by atoms with Crippen LogP contribution in [-0.2, 0) is 0 Å². The van der Waals surface area contributed by atoms with E-state index >= 15 is 0 Å². The second-order valence-electron chi connectivity index (χ2n) is 0.820. The lowest BCUT2D eigenvalue weighted by atomic mass is 11.3. The molecule has 0 rings (SSSR count). The molecule has 0 aromatic rings. The van der Waals surface area contributed by atoms with Gasteiger partial charge in [-0.25, -0.2) is 0 Å². The molecule has 0 saturated carbocycles. The molecule has 0 spiro atoms. The van der Waals surface area contributed by atoms with Gasteiger partial charge in [-0.2, -0.15) is 0 Å². The van der Waals surface area contributed by atoms with E-state index in [0.29, 0.717) is 0 Å². The molecule has 46 valence electrons. The number of rotatable bonds is 0. The summed E-state index contributed by atoms with van der Waals surface area (Å²) in [5.41, 5.74) is 4.29. The van der Waals surface area contributed by atoms with Crippen LogP contribution in [0.3, 0.4) is 0 Å². The Labute approximate surface area is 44.3 Å². The van der Waals surface area contributed by atoms with Crippen LogP contribution in [0, 0.1) is 0 Å². The van der Waals surface area contributed by atoms with Crippen LogP contribution in [0.15, 0.2) is 0 Å². The highest BCUT2D eigenvalue weighted by atomic mass is 31.2. The van der Waals surface area contributed by atoms with Gasteiger partial charge in [-0.15, -0.1) is 0 Å². The summed E-state index contributed by atoms with van der Waals surface area (Å²) < 4.78 is 0. The number of hydrogen-bond donors (Lipinski definition) is 4. The second-order valence-corrected chi connectivity index (χ2v) is 1.46. The molecule has 0 aliphatic heterocycles. The van der Waals surface area contributed by atoms with E-state index in [9.17, 15) is 0 Å². The zero-order valence-electron chi connectivity index (χ0n) is 4.42. The SMILES string of the molecule is CNC.NP(O)O. The van der Waals surface area contributed by atoms with E-state index in [-0.39, 0.29) is 0 Å². The van der Waals surface area contributed by atoms with E-state index in [1.54, 1.807) is 0 Å². The van der Waals surface area contributed by atoms with E-state index in [0.717, 1.165) is 0 Å². The van der Waals surface area contributed by atoms with E-state index in [1.807, 2.05) is 14.1 Å². The summed E-state index contributed by atoms with van der Waals surface area (Å²) >= 11 is 0. The van der Waals surface area contributed by atoms with E-state index in [4.69, 9.17) is 9.79 Å². The second kappa shape index (κ2) is 9.55. The number of hydrogen-bond acceptors (Lipinski definition) is 4. The normalized spacial score (nSPS) is 7.71. The van der Waals surface area contributed by atoms with Gasteiger partial charge in [0.05, 0.1) is 0 Å². The average Bonchev–Trinajstić information content (AvgIpc) is 1.33. The van der Waals surface area contributed by atoms with Gasteiger partial charge in [0.2, 0.25) is 8.53 Å². The number of nitrogens with two attached hydrogens (primary N) is 1. The predicted molar refractivity (Wildman–Crippen MR) is 30.5 cm³/mol. The maximum Gasteiger partial charge on any atom is 0.247 e. The zero-order chi connectivity index (χ0) is 6.28. The van der Waals surface area contributed by atoms with Crippen molar-refractivity contribution in [2.45, 2.75) is 0 Å². The molecule has 0 atom stereocenters. The molecule has 0 aliphatic carbocycles. The molecule has 7 heavy (non-hydrogen) atoms. The minimum Gasteiger partial charge on any atom is -0.338 e. The monoisotopic (exact) mass is 126 g/mol. The van der Waals surface area contributed by atoms with Gasteiger partial charge >= 0.3 is 0 Å². The Morgan fingerprint density at radius 3 is 1.43 bits per heavy atom. The summed E-state index contributed by atoms with van der Waals surface area (Å²) in [4.78, 5) is 14.9. The Morgan fingerprint density at radius 2 is 1.43 bits per heavy atom. The highest BCUT2D eigenvalue weighted by Gasteiger charge is 1.72. The summed E-state index contributed by atoms with van der Waals surface area (Å²) in [6, 6.07) is 0. The maximum absolute atomic E-state index is 7.45. The fourth-order valence-corrected chi connectivity index (χ4v) is 0. The van der Waals surface area contributed by atoms with Gasteiger partial charge in [-0.05, 0) is 14.1 Å². The maximum atomic E-state index is 7.45. The first-order valence-corrected chi connectivity index (χ1v) is 2.97. The first-order valence-electron chi connectivity index (χ1n) is 1.66. The first kappa shape index (κ1) is 10.3. The molecule has 0 aliphatic rings. The minimum absolute atomic E-state index is 1.88. The lowest BCUT2D eigenvalue weighted by Crippen LogP contribution is -1.89. The van der Waals surface area contributed by atoms with Crippen molar-refractivity contribution in [1.29, 1.82) is 0 Å². The molecule has 5 heteroatoms. The smallest absolute Gasteiger partial charge is 0.247 e. The standard InChI is InChI=1S/C2H7N.H4NO2P/c1-3-2;1-4(2)3/h3H,1-2H3;2-3H,1H2. The summed E-state index contributed by atoms with van der Waals surface area (Å²) in [7, 11) is 1.63. The Hall–Kier alpha value is 0.270. The van der Waals surface area contributed by atoms with Gasteiger partial charge in [-0.3, -0.25) is 5.50 Å². The Balaban J connectivity index is 0. The molecule has 0 aromatic heterocycles. The Morgan fingerprint density at radius 1 is 1.43 bits per heavy atom. The molecule has 0 amide bonds. The first-order chi connectivity index (χ1) is 3.15. The van der Waals surface area contributed by atoms with Crippen molar-refractivity contribution in [1.82, 2.24) is 5.32 Å². The number of nitrogens with one attached hydrogen (secondary N) is 1. The van der Waals surface area contributed by atoms with Crippen LogP contribution in [0.1, 0.15) is 0 Å². The molecule has 0 fully saturated rings. The highest BCUT2D eigenvalue weighted by Crippen LogP contribution is 2.05. The van der Waals surface area contributed by atoms with Gasteiger partial charge in [-0.1, -0.05) is 0 Å². The van der Waals surface area contributed by atoms with Crippen LogP contribution in [0.5, 0.6) is 0 Å². The van der Waals surface area contributed by atoms with E-state index in [1.165, 1.54) is 0 Å². The van der Waals surface area contributed by atoms with E-state index in [2.05, 4.69) is 10.8 Å². The fourth-order valence-electron chi connectivity index (χ4n) is 0. The molecule has 0 aromatic carbocycles. The van der Waals surface area contributed by atoms with Gasteiger partial charge in [0.1, 0.15) is 0 Å². The third-order valence-electron chi connectivity index (χ3n) is 0. The summed E-state index contributed by atoms with van der Waals surface area (Å²) in [6.45, 7) is 0. The minimum atomic E-state index is -2.12. The Kier molecular flexibility index (Phi) is 14.0. The van der Waals surface area contributed by atoms with Crippen LogP contribution in [0.4, 0.5) is 0 Å². The third kappa shape index (κ3) is 1570. The van der Waals surface area contributed by atoms with Crippen molar-refractivity contribution in [2.24, 2.45) is 5.50 Å². The van der Waals surface area contributed by atoms with Crippen molar-refractivity contribution in [2.75, 3.05) is 14.1 Å². The van der Waals surface area contributed by atoms with Gasteiger partial charge < -0.3 is 15.1 Å². The molecular formula is C2H11N2O2P. The van der Waals surface area contributed by atoms with Crippen LogP contribution in [0.25, 0.3) is 0 Å². The molecular weight excluding hydrogens is 115 g/mol. The molecule has 0 heterocycles. The van der Waals surface area contributed by atoms with Crippen molar-refractivity contribution in [3.05, 3.63) is 0 Å². The van der Waals surface area contributed by atoms with Gasteiger partial charge in [0.15, 0.2) is 0 Å². The van der Waals surface area contributed by atoms with Crippen molar-refractivity contribution < 1.29 is 9.79 Å². The average molecular weight is 126 g/mol. The molecule has 0 unspecified atom stereocenters. The van der Waals surface area contributed by atoms with Crippen LogP contribution >= 0.6 is 8.53 Å². The molecule has 0 bridgehead atoms. The van der Waals surface area contributed by atoms with Gasteiger partial charge in [0.25, 0.3) is 0 Å². The Bertz CT molecular complexity index is 24.9. The molecule has 0 radical (unpaired) electrons. The topological polar surface area (TPSA) is 78.5 Å². The molecule has 0 saturated heterocycles. The summed E-state index contributed by atoms with van der Waals surface area (Å²) in [5.74, 6) is 0. The van der Waals surface area contributed by atoms with Crippen LogP contribution in [0.2, 0.25) is 0 Å². The molecule has 5 N–H and O–H groups in total. The fraction of sp³-hybridized carbons (Fsp3) is 1.00. The van der Waals surface area contributed by atoms with E-state index < -0.39 is 8.53 Å². The van der Waals surface area contributed by atoms with Crippen molar-refractivity contribution in [3.63, 3.8) is 0 Å². The van der Waals surface area contributed by atoms with Crippen LogP contribution < -0.4 is 10.8 Å². The van der Waals surface area contributed by atoms with Crippen LogP contribution in [-0.4, -0.2) is 23.9 Å². The van der Waals surface area contributed by atoms with Crippen molar-refractivity contribution in [3.8, 4) is 0 Å². The third-order valence-corrected chi connectivity index (χ3v) is 0. The molecule has 4 nitrogen and oxygen atoms in total. The summed E-state index contributed by atoms with van der Waals surface area (Å²) in [5, 5.41) is 2.75. The lowest BCUT2D eigenvalue weighted by Gasteiger charge is -1.79.